The minimum absolute atomic E-state index is 0.845. The Labute approximate surface area is 107 Å². The van der Waals surface area contributed by atoms with E-state index in [-0.39, 0.29) is 0 Å². The number of hydrogen-bond acceptors (Lipinski definition) is 2. The van der Waals surface area contributed by atoms with Crippen LogP contribution in [-0.4, -0.2) is 18.8 Å². The van der Waals surface area contributed by atoms with Gasteiger partial charge in [-0.05, 0) is 55.3 Å². The van der Waals surface area contributed by atoms with E-state index >= 15 is 0 Å². The van der Waals surface area contributed by atoms with Crippen molar-refractivity contribution in [2.75, 3.05) is 18.8 Å². The molecule has 0 bridgehead atoms. The molecule has 1 aromatic rings. The van der Waals surface area contributed by atoms with Gasteiger partial charge in [0.25, 0.3) is 0 Å². The molecule has 1 saturated heterocycles. The standard InChI is InChI=1S/C13H18ClNS/c14-13-5-1-3-11(7-13)9-16-10-12-4-2-6-15-8-12/h1,3,5,7,12,15H,2,4,6,8-10H2. The average molecular weight is 256 g/mol. The Kier molecular flexibility index (Phi) is 5.01. The molecule has 1 atom stereocenters. The van der Waals surface area contributed by atoms with Crippen molar-refractivity contribution >= 4 is 23.4 Å². The van der Waals surface area contributed by atoms with E-state index < -0.39 is 0 Å². The van der Waals surface area contributed by atoms with Gasteiger partial charge in [0.1, 0.15) is 0 Å². The van der Waals surface area contributed by atoms with Gasteiger partial charge in [-0.2, -0.15) is 11.8 Å². The lowest BCUT2D eigenvalue weighted by Crippen LogP contribution is -2.30. The first-order valence-electron chi connectivity index (χ1n) is 5.87. The maximum absolute atomic E-state index is 5.95. The monoisotopic (exact) mass is 255 g/mol. The Hall–Kier alpha value is -0.180. The van der Waals surface area contributed by atoms with Gasteiger partial charge in [0.15, 0.2) is 0 Å². The van der Waals surface area contributed by atoms with Gasteiger partial charge >= 0.3 is 0 Å². The molecule has 1 heterocycles. The van der Waals surface area contributed by atoms with E-state index in [4.69, 9.17) is 11.6 Å². The number of piperidine rings is 1. The van der Waals surface area contributed by atoms with Crippen LogP contribution >= 0.6 is 23.4 Å². The summed E-state index contributed by atoms with van der Waals surface area (Å²) < 4.78 is 0. The number of halogens is 1. The zero-order chi connectivity index (χ0) is 11.2. The molecule has 0 aliphatic carbocycles. The molecule has 1 N–H and O–H groups in total. The highest BCUT2D eigenvalue weighted by Gasteiger charge is 2.12. The van der Waals surface area contributed by atoms with Crippen molar-refractivity contribution in [3.8, 4) is 0 Å². The molecule has 3 heteroatoms. The summed E-state index contributed by atoms with van der Waals surface area (Å²) in [7, 11) is 0. The lowest BCUT2D eigenvalue weighted by Gasteiger charge is -2.22. The molecule has 1 aromatic carbocycles. The second kappa shape index (κ2) is 6.53. The third kappa shape index (κ3) is 4.00. The smallest absolute Gasteiger partial charge is 0.0409 e. The molecule has 1 aliphatic heterocycles. The van der Waals surface area contributed by atoms with Crippen LogP contribution in [0.4, 0.5) is 0 Å². The molecule has 0 spiro atoms. The number of hydrogen-bond donors (Lipinski definition) is 1. The Morgan fingerprint density at radius 3 is 3.12 bits per heavy atom. The number of nitrogens with one attached hydrogen (secondary N) is 1. The maximum Gasteiger partial charge on any atom is 0.0409 e. The van der Waals surface area contributed by atoms with Crippen LogP contribution in [0.15, 0.2) is 24.3 Å². The summed E-state index contributed by atoms with van der Waals surface area (Å²) in [5.41, 5.74) is 1.33. The zero-order valence-electron chi connectivity index (χ0n) is 9.42. The van der Waals surface area contributed by atoms with Crippen LogP contribution in [0.1, 0.15) is 18.4 Å². The van der Waals surface area contributed by atoms with Crippen LogP contribution in [0.25, 0.3) is 0 Å². The van der Waals surface area contributed by atoms with Crippen molar-refractivity contribution in [2.45, 2.75) is 18.6 Å². The summed E-state index contributed by atoms with van der Waals surface area (Å²) in [4.78, 5) is 0. The normalized spacial score (nSPS) is 20.9. The van der Waals surface area contributed by atoms with E-state index in [2.05, 4.69) is 17.4 Å². The van der Waals surface area contributed by atoms with Gasteiger partial charge < -0.3 is 5.32 Å². The molecule has 88 valence electrons. The first-order valence-corrected chi connectivity index (χ1v) is 7.41. The summed E-state index contributed by atoms with van der Waals surface area (Å²) in [6, 6.07) is 8.17. The van der Waals surface area contributed by atoms with Crippen LogP contribution in [0, 0.1) is 5.92 Å². The number of rotatable bonds is 4. The Morgan fingerprint density at radius 1 is 1.44 bits per heavy atom. The van der Waals surface area contributed by atoms with Gasteiger partial charge in [-0.3, -0.25) is 0 Å². The van der Waals surface area contributed by atoms with Crippen LogP contribution in [-0.2, 0) is 5.75 Å². The molecule has 1 unspecified atom stereocenters. The Bertz CT molecular complexity index is 323. The van der Waals surface area contributed by atoms with Gasteiger partial charge in [0, 0.05) is 10.8 Å². The first kappa shape index (κ1) is 12.3. The minimum Gasteiger partial charge on any atom is -0.316 e. The fourth-order valence-electron chi connectivity index (χ4n) is 2.04. The summed E-state index contributed by atoms with van der Waals surface area (Å²) in [5.74, 6) is 3.20. The largest absolute Gasteiger partial charge is 0.316 e. The van der Waals surface area contributed by atoms with Crippen molar-refractivity contribution in [2.24, 2.45) is 5.92 Å². The van der Waals surface area contributed by atoms with Gasteiger partial charge in [-0.25, -0.2) is 0 Å². The van der Waals surface area contributed by atoms with Crippen LogP contribution in [0.2, 0.25) is 5.02 Å². The van der Waals surface area contributed by atoms with E-state index in [1.54, 1.807) is 0 Å². The lowest BCUT2D eigenvalue weighted by atomic mass is 10.0. The highest BCUT2D eigenvalue weighted by atomic mass is 35.5. The van der Waals surface area contributed by atoms with Crippen molar-refractivity contribution in [3.05, 3.63) is 34.9 Å². The van der Waals surface area contributed by atoms with E-state index in [0.29, 0.717) is 0 Å². The number of benzene rings is 1. The molecule has 1 aliphatic rings. The second-order valence-electron chi connectivity index (χ2n) is 4.36. The van der Waals surface area contributed by atoms with Gasteiger partial charge in [0.05, 0.1) is 0 Å². The summed E-state index contributed by atoms with van der Waals surface area (Å²) >= 11 is 7.98. The fourth-order valence-corrected chi connectivity index (χ4v) is 3.40. The Balaban J connectivity index is 1.71. The molecule has 2 rings (SSSR count). The molecule has 0 amide bonds. The molecular weight excluding hydrogens is 238 g/mol. The third-order valence-corrected chi connectivity index (χ3v) is 4.39. The van der Waals surface area contributed by atoms with Gasteiger partial charge in [-0.1, -0.05) is 23.7 Å². The van der Waals surface area contributed by atoms with Gasteiger partial charge in [0.2, 0.25) is 0 Å². The quantitative estimate of drug-likeness (QED) is 0.883. The van der Waals surface area contributed by atoms with E-state index in [1.807, 2.05) is 23.9 Å². The van der Waals surface area contributed by atoms with Crippen molar-refractivity contribution < 1.29 is 0 Å². The molecule has 16 heavy (non-hydrogen) atoms. The fraction of sp³-hybridized carbons (Fsp3) is 0.538. The highest BCUT2D eigenvalue weighted by molar-refractivity contribution is 7.98. The van der Waals surface area contributed by atoms with E-state index in [1.165, 1.54) is 37.2 Å². The maximum atomic E-state index is 5.95. The molecule has 0 saturated carbocycles. The van der Waals surface area contributed by atoms with Crippen molar-refractivity contribution in [1.82, 2.24) is 5.32 Å². The highest BCUT2D eigenvalue weighted by Crippen LogP contribution is 2.21. The van der Waals surface area contributed by atoms with Crippen molar-refractivity contribution in [3.63, 3.8) is 0 Å². The molecule has 0 aromatic heterocycles. The van der Waals surface area contributed by atoms with E-state index in [9.17, 15) is 0 Å². The lowest BCUT2D eigenvalue weighted by molar-refractivity contribution is 0.410. The average Bonchev–Trinajstić information content (AvgIpc) is 2.30. The first-order chi connectivity index (χ1) is 7.84. The zero-order valence-corrected chi connectivity index (χ0v) is 11.0. The third-order valence-electron chi connectivity index (χ3n) is 2.91. The Morgan fingerprint density at radius 2 is 2.38 bits per heavy atom. The SMILES string of the molecule is Clc1cccc(CSCC2CCCNC2)c1. The van der Waals surface area contributed by atoms with E-state index in [0.717, 1.165) is 16.7 Å². The van der Waals surface area contributed by atoms with Crippen LogP contribution < -0.4 is 5.32 Å². The molecule has 0 radical (unpaired) electrons. The van der Waals surface area contributed by atoms with Crippen LogP contribution in [0.5, 0.6) is 0 Å². The molecular formula is C13H18ClNS. The second-order valence-corrected chi connectivity index (χ2v) is 5.82. The number of thioether (sulfide) groups is 1. The molecule has 1 fully saturated rings. The predicted molar refractivity (Wildman–Crippen MR) is 73.2 cm³/mol. The van der Waals surface area contributed by atoms with Crippen LogP contribution in [0.3, 0.4) is 0 Å². The summed E-state index contributed by atoms with van der Waals surface area (Å²) in [6.45, 7) is 2.40. The molecule has 1 nitrogen and oxygen atoms in total. The summed E-state index contributed by atoms with van der Waals surface area (Å²) in [6.07, 6.45) is 2.72. The summed E-state index contributed by atoms with van der Waals surface area (Å²) in [5, 5.41) is 4.30. The topological polar surface area (TPSA) is 12.0 Å². The predicted octanol–water partition coefficient (Wildman–Crippen LogP) is 3.57. The van der Waals surface area contributed by atoms with Crippen molar-refractivity contribution in [1.29, 1.82) is 0 Å². The van der Waals surface area contributed by atoms with Gasteiger partial charge in [-0.15, -0.1) is 0 Å². The minimum atomic E-state index is 0.845.